The van der Waals surface area contributed by atoms with Crippen LogP contribution in [0.15, 0.2) is 0 Å². The van der Waals surface area contributed by atoms with E-state index in [0.29, 0.717) is 24.2 Å². The van der Waals surface area contributed by atoms with Crippen molar-refractivity contribution < 1.29 is 9.53 Å². The monoisotopic (exact) mass is 308 g/mol. The van der Waals surface area contributed by atoms with Crippen LogP contribution in [0.5, 0.6) is 0 Å². The van der Waals surface area contributed by atoms with Crippen LogP contribution in [0.4, 0.5) is 0 Å². The van der Waals surface area contributed by atoms with Crippen LogP contribution in [-0.2, 0) is 9.53 Å². The summed E-state index contributed by atoms with van der Waals surface area (Å²) >= 11 is 0. The van der Waals surface area contributed by atoms with Crippen molar-refractivity contribution in [3.63, 3.8) is 0 Å². The van der Waals surface area contributed by atoms with E-state index < -0.39 is 0 Å². The van der Waals surface area contributed by atoms with E-state index in [4.69, 9.17) is 4.74 Å². The minimum atomic E-state index is -0.291. The van der Waals surface area contributed by atoms with E-state index in [-0.39, 0.29) is 12.0 Å². The van der Waals surface area contributed by atoms with Crippen LogP contribution in [0.2, 0.25) is 0 Å². The Labute approximate surface area is 135 Å². The average Bonchev–Trinajstić information content (AvgIpc) is 2.72. The zero-order valence-corrected chi connectivity index (χ0v) is 14.2. The number of likely N-dealkylation sites (N-methyl/N-ethyl adjacent to an activating group) is 1. The number of carbonyl (C=O) groups is 1. The van der Waals surface area contributed by atoms with Crippen LogP contribution in [0.25, 0.3) is 0 Å². The van der Waals surface area contributed by atoms with E-state index >= 15 is 0 Å². The Morgan fingerprint density at radius 1 is 1.05 bits per heavy atom. The van der Waals surface area contributed by atoms with Gasteiger partial charge in [0.15, 0.2) is 0 Å². The maximum Gasteiger partial charge on any atom is 0.251 e. The second kappa shape index (κ2) is 7.31. The molecule has 0 radical (unpaired) electrons. The summed E-state index contributed by atoms with van der Waals surface area (Å²) in [5.74, 6) is 0.176. The first-order valence-electron chi connectivity index (χ1n) is 9.31. The molecule has 3 atom stereocenters. The lowest BCUT2D eigenvalue weighted by molar-refractivity contribution is -0.148. The van der Waals surface area contributed by atoms with Gasteiger partial charge >= 0.3 is 0 Å². The van der Waals surface area contributed by atoms with Gasteiger partial charge in [-0.1, -0.05) is 25.7 Å². The predicted molar refractivity (Wildman–Crippen MR) is 87.8 cm³/mol. The van der Waals surface area contributed by atoms with Crippen molar-refractivity contribution >= 4 is 5.91 Å². The van der Waals surface area contributed by atoms with Gasteiger partial charge in [0.2, 0.25) is 0 Å². The molecule has 4 nitrogen and oxygen atoms in total. The van der Waals surface area contributed by atoms with Crippen molar-refractivity contribution in [2.75, 3.05) is 7.05 Å². The summed E-state index contributed by atoms with van der Waals surface area (Å²) in [4.78, 5) is 14.7. The maximum atomic E-state index is 12.7. The standard InChI is InChI=1S/C18H32N2O2/c1-13(22-17-7-5-3-4-6-8-17)18(21)20(2)16-11-14-9-10-15(12-16)19-14/h13-17,19H,3-12H2,1-2H3. The Bertz CT molecular complexity index is 367. The van der Waals surface area contributed by atoms with Gasteiger partial charge in [-0.05, 0) is 45.4 Å². The Balaban J connectivity index is 1.50. The first-order valence-corrected chi connectivity index (χ1v) is 9.31. The van der Waals surface area contributed by atoms with Gasteiger partial charge in [-0.2, -0.15) is 0 Å². The van der Waals surface area contributed by atoms with E-state index in [1.807, 2.05) is 18.9 Å². The molecule has 0 spiro atoms. The van der Waals surface area contributed by atoms with Crippen molar-refractivity contribution in [2.24, 2.45) is 0 Å². The van der Waals surface area contributed by atoms with Gasteiger partial charge in [0.1, 0.15) is 6.10 Å². The van der Waals surface area contributed by atoms with E-state index in [0.717, 1.165) is 25.7 Å². The highest BCUT2D eigenvalue weighted by Gasteiger charge is 2.37. The van der Waals surface area contributed by atoms with Crippen molar-refractivity contribution in [2.45, 2.75) is 101 Å². The van der Waals surface area contributed by atoms with Crippen LogP contribution < -0.4 is 5.32 Å². The molecule has 1 saturated carbocycles. The molecular formula is C18H32N2O2. The van der Waals surface area contributed by atoms with E-state index in [1.54, 1.807) is 0 Å². The molecule has 2 heterocycles. The van der Waals surface area contributed by atoms with Crippen LogP contribution in [-0.4, -0.2) is 48.2 Å². The fourth-order valence-electron chi connectivity index (χ4n) is 4.54. The lowest BCUT2D eigenvalue weighted by atomic mass is 9.98. The third-order valence-electron chi connectivity index (χ3n) is 5.89. The summed E-state index contributed by atoms with van der Waals surface area (Å²) in [5.41, 5.74) is 0. The molecule has 3 rings (SSSR count). The molecule has 3 fully saturated rings. The topological polar surface area (TPSA) is 41.6 Å². The molecule has 3 aliphatic rings. The smallest absolute Gasteiger partial charge is 0.251 e. The quantitative estimate of drug-likeness (QED) is 0.812. The Kier molecular flexibility index (Phi) is 5.40. The van der Waals surface area contributed by atoms with Gasteiger partial charge in [0, 0.05) is 25.2 Å². The number of carbonyl (C=O) groups excluding carboxylic acids is 1. The SMILES string of the molecule is CC(OC1CCCCCC1)C(=O)N(C)C1CC2CCC(C1)N2. The molecule has 2 bridgehead atoms. The first kappa shape index (κ1) is 16.3. The summed E-state index contributed by atoms with van der Waals surface area (Å²) in [7, 11) is 1.98. The van der Waals surface area contributed by atoms with Crippen LogP contribution >= 0.6 is 0 Å². The number of piperidine rings is 1. The molecule has 1 aliphatic carbocycles. The molecule has 0 aromatic carbocycles. The molecule has 3 unspecified atom stereocenters. The molecule has 1 N–H and O–H groups in total. The fourth-order valence-corrected chi connectivity index (χ4v) is 4.54. The van der Waals surface area contributed by atoms with Gasteiger partial charge < -0.3 is 15.0 Å². The van der Waals surface area contributed by atoms with Crippen LogP contribution in [0.1, 0.15) is 71.1 Å². The fraction of sp³-hybridized carbons (Fsp3) is 0.944. The number of nitrogens with one attached hydrogen (secondary N) is 1. The highest BCUT2D eigenvalue weighted by Crippen LogP contribution is 2.30. The number of fused-ring (bicyclic) bond motifs is 2. The summed E-state index contributed by atoms with van der Waals surface area (Å²) in [5, 5.41) is 3.65. The lowest BCUT2D eigenvalue weighted by Gasteiger charge is -2.37. The van der Waals surface area contributed by atoms with Crippen molar-refractivity contribution in [1.29, 1.82) is 0 Å². The number of ether oxygens (including phenoxy) is 1. The van der Waals surface area contributed by atoms with Crippen molar-refractivity contribution in [3.8, 4) is 0 Å². The number of hydrogen-bond acceptors (Lipinski definition) is 3. The largest absolute Gasteiger partial charge is 0.365 e. The molecule has 1 amide bonds. The molecular weight excluding hydrogens is 276 g/mol. The summed E-state index contributed by atoms with van der Waals surface area (Å²) in [6, 6.07) is 1.64. The molecule has 0 aromatic rings. The third-order valence-corrected chi connectivity index (χ3v) is 5.89. The molecule has 2 saturated heterocycles. The molecule has 22 heavy (non-hydrogen) atoms. The Morgan fingerprint density at radius 3 is 2.23 bits per heavy atom. The molecule has 4 heteroatoms. The van der Waals surface area contributed by atoms with E-state index in [9.17, 15) is 4.79 Å². The van der Waals surface area contributed by atoms with Crippen molar-refractivity contribution in [1.82, 2.24) is 10.2 Å². The van der Waals surface area contributed by atoms with Gasteiger partial charge in [-0.25, -0.2) is 0 Å². The number of rotatable bonds is 4. The minimum absolute atomic E-state index is 0.176. The lowest BCUT2D eigenvalue weighted by Crippen LogP contribution is -2.51. The molecule has 0 aromatic heterocycles. The van der Waals surface area contributed by atoms with Gasteiger partial charge in [0.25, 0.3) is 5.91 Å². The number of nitrogens with zero attached hydrogens (tertiary/aromatic N) is 1. The van der Waals surface area contributed by atoms with Gasteiger partial charge in [-0.3, -0.25) is 4.79 Å². The van der Waals surface area contributed by atoms with Crippen molar-refractivity contribution in [3.05, 3.63) is 0 Å². The van der Waals surface area contributed by atoms with Gasteiger partial charge in [0.05, 0.1) is 6.10 Å². The summed E-state index contributed by atoms with van der Waals surface area (Å²) in [6.45, 7) is 1.94. The number of hydrogen-bond donors (Lipinski definition) is 1. The zero-order valence-electron chi connectivity index (χ0n) is 14.2. The number of amides is 1. The normalized spacial score (nSPS) is 34.2. The Hall–Kier alpha value is -0.610. The zero-order chi connectivity index (χ0) is 15.5. The second-order valence-corrected chi connectivity index (χ2v) is 7.60. The second-order valence-electron chi connectivity index (χ2n) is 7.60. The summed E-state index contributed by atoms with van der Waals surface area (Å²) in [6.07, 6.45) is 12.1. The Morgan fingerprint density at radius 2 is 1.64 bits per heavy atom. The minimum Gasteiger partial charge on any atom is -0.365 e. The van der Waals surface area contributed by atoms with Crippen LogP contribution in [0, 0.1) is 0 Å². The highest BCUT2D eigenvalue weighted by molar-refractivity contribution is 5.80. The van der Waals surface area contributed by atoms with E-state index in [2.05, 4.69) is 5.32 Å². The maximum absolute atomic E-state index is 12.7. The third kappa shape index (κ3) is 3.83. The predicted octanol–water partition coefficient (Wildman–Crippen LogP) is 2.86. The average molecular weight is 308 g/mol. The van der Waals surface area contributed by atoms with Crippen LogP contribution in [0.3, 0.4) is 0 Å². The molecule has 2 aliphatic heterocycles. The summed E-state index contributed by atoms with van der Waals surface area (Å²) < 4.78 is 6.11. The van der Waals surface area contributed by atoms with E-state index in [1.165, 1.54) is 38.5 Å². The van der Waals surface area contributed by atoms with Gasteiger partial charge in [-0.15, -0.1) is 0 Å². The molecule has 126 valence electrons. The first-order chi connectivity index (χ1) is 10.6. The highest BCUT2D eigenvalue weighted by atomic mass is 16.5.